The van der Waals surface area contributed by atoms with Gasteiger partial charge in [-0.05, 0) is 6.26 Å². The molecule has 0 rings (SSSR count). The van der Waals surface area contributed by atoms with Crippen LogP contribution in [-0.2, 0) is 9.53 Å². The molecule has 0 atom stereocenters. The van der Waals surface area contributed by atoms with Crippen molar-refractivity contribution in [2.24, 2.45) is 0 Å². The molecule has 0 heterocycles. The standard InChI is InChI=1S/C8H17NO3S/c1-12-5-3-9(4-6-13-2)7-8(10)11/h3-7H2,1-2H3,(H,10,11). The van der Waals surface area contributed by atoms with Gasteiger partial charge in [-0.15, -0.1) is 0 Å². The average molecular weight is 207 g/mol. The van der Waals surface area contributed by atoms with E-state index in [0.29, 0.717) is 13.2 Å². The smallest absolute Gasteiger partial charge is 0.317 e. The first-order valence-electron chi connectivity index (χ1n) is 4.12. The van der Waals surface area contributed by atoms with Crippen molar-refractivity contribution in [3.8, 4) is 0 Å². The maximum atomic E-state index is 10.4. The highest BCUT2D eigenvalue weighted by Crippen LogP contribution is 1.95. The number of hydrogen-bond acceptors (Lipinski definition) is 4. The summed E-state index contributed by atoms with van der Waals surface area (Å²) >= 11 is 1.72. The summed E-state index contributed by atoms with van der Waals surface area (Å²) in [6.07, 6.45) is 2.01. The molecule has 0 aromatic rings. The zero-order valence-corrected chi connectivity index (χ0v) is 8.97. The van der Waals surface area contributed by atoms with Gasteiger partial charge >= 0.3 is 5.97 Å². The van der Waals surface area contributed by atoms with Gasteiger partial charge in [-0.25, -0.2) is 0 Å². The highest BCUT2D eigenvalue weighted by Gasteiger charge is 2.07. The first-order valence-corrected chi connectivity index (χ1v) is 5.52. The van der Waals surface area contributed by atoms with E-state index in [1.54, 1.807) is 18.9 Å². The Morgan fingerprint density at radius 1 is 1.54 bits per heavy atom. The molecule has 0 amide bonds. The Labute approximate surface area is 83.2 Å². The van der Waals surface area contributed by atoms with E-state index in [4.69, 9.17) is 9.84 Å². The molecule has 0 fully saturated rings. The molecule has 0 aromatic heterocycles. The summed E-state index contributed by atoms with van der Waals surface area (Å²) in [7, 11) is 1.62. The normalized spacial score (nSPS) is 10.7. The monoisotopic (exact) mass is 207 g/mol. The summed E-state index contributed by atoms with van der Waals surface area (Å²) in [6.45, 7) is 2.17. The van der Waals surface area contributed by atoms with Gasteiger partial charge in [0, 0.05) is 26.0 Å². The van der Waals surface area contributed by atoms with Crippen LogP contribution in [0, 0.1) is 0 Å². The number of nitrogens with zero attached hydrogens (tertiary/aromatic N) is 1. The van der Waals surface area contributed by atoms with Crippen LogP contribution in [0.1, 0.15) is 0 Å². The average Bonchev–Trinajstić information content (AvgIpc) is 2.09. The fourth-order valence-corrected chi connectivity index (χ4v) is 1.34. The summed E-state index contributed by atoms with van der Waals surface area (Å²) in [5, 5.41) is 8.59. The van der Waals surface area contributed by atoms with Crippen molar-refractivity contribution in [1.29, 1.82) is 0 Å². The lowest BCUT2D eigenvalue weighted by atomic mass is 10.4. The van der Waals surface area contributed by atoms with Crippen molar-refractivity contribution in [2.75, 3.05) is 45.4 Å². The Morgan fingerprint density at radius 3 is 2.69 bits per heavy atom. The van der Waals surface area contributed by atoms with Crippen molar-refractivity contribution in [2.45, 2.75) is 0 Å². The molecule has 13 heavy (non-hydrogen) atoms. The lowest BCUT2D eigenvalue weighted by Crippen LogP contribution is -2.34. The van der Waals surface area contributed by atoms with Gasteiger partial charge in [0.2, 0.25) is 0 Å². The molecule has 0 aliphatic heterocycles. The van der Waals surface area contributed by atoms with Crippen LogP contribution < -0.4 is 0 Å². The van der Waals surface area contributed by atoms with E-state index in [-0.39, 0.29) is 6.54 Å². The number of thioether (sulfide) groups is 1. The highest BCUT2D eigenvalue weighted by molar-refractivity contribution is 7.98. The van der Waals surface area contributed by atoms with Crippen LogP contribution in [-0.4, -0.2) is 61.3 Å². The van der Waals surface area contributed by atoms with Crippen LogP contribution in [0.25, 0.3) is 0 Å². The number of hydrogen-bond donors (Lipinski definition) is 1. The second kappa shape index (κ2) is 8.34. The third kappa shape index (κ3) is 8.08. The molecule has 0 aliphatic carbocycles. The maximum Gasteiger partial charge on any atom is 0.317 e. The Hall–Kier alpha value is -0.260. The quantitative estimate of drug-likeness (QED) is 0.623. The molecule has 0 saturated carbocycles. The summed E-state index contributed by atoms with van der Waals surface area (Å²) in [6, 6.07) is 0. The molecule has 0 radical (unpaired) electrons. The summed E-state index contributed by atoms with van der Waals surface area (Å²) in [5.41, 5.74) is 0. The lowest BCUT2D eigenvalue weighted by molar-refractivity contribution is -0.138. The van der Waals surface area contributed by atoms with Gasteiger partial charge in [-0.2, -0.15) is 11.8 Å². The largest absolute Gasteiger partial charge is 0.480 e. The molecule has 0 bridgehead atoms. The predicted octanol–water partition coefficient (Wildman–Crippen LogP) is 0.382. The van der Waals surface area contributed by atoms with E-state index in [0.717, 1.165) is 12.3 Å². The second-order valence-corrected chi connectivity index (χ2v) is 3.64. The van der Waals surface area contributed by atoms with Crippen molar-refractivity contribution >= 4 is 17.7 Å². The van der Waals surface area contributed by atoms with Crippen LogP contribution in [0.5, 0.6) is 0 Å². The Kier molecular flexibility index (Phi) is 8.18. The fraction of sp³-hybridized carbons (Fsp3) is 0.875. The molecular weight excluding hydrogens is 190 g/mol. The molecule has 5 heteroatoms. The van der Waals surface area contributed by atoms with Crippen molar-refractivity contribution in [1.82, 2.24) is 4.90 Å². The third-order valence-corrected chi connectivity index (χ3v) is 2.17. The lowest BCUT2D eigenvalue weighted by Gasteiger charge is -2.18. The van der Waals surface area contributed by atoms with E-state index >= 15 is 0 Å². The van der Waals surface area contributed by atoms with Gasteiger partial charge < -0.3 is 9.84 Å². The highest BCUT2D eigenvalue weighted by atomic mass is 32.2. The van der Waals surface area contributed by atoms with E-state index in [1.165, 1.54) is 0 Å². The number of methoxy groups -OCH3 is 1. The van der Waals surface area contributed by atoms with Gasteiger partial charge in [-0.3, -0.25) is 9.69 Å². The van der Waals surface area contributed by atoms with Crippen molar-refractivity contribution in [3.05, 3.63) is 0 Å². The topological polar surface area (TPSA) is 49.8 Å². The Balaban J connectivity index is 3.66. The number of ether oxygens (including phenoxy) is 1. The maximum absolute atomic E-state index is 10.4. The molecule has 1 N–H and O–H groups in total. The van der Waals surface area contributed by atoms with Gasteiger partial charge in [0.15, 0.2) is 0 Å². The number of aliphatic carboxylic acids is 1. The zero-order chi connectivity index (χ0) is 10.1. The van der Waals surface area contributed by atoms with Crippen LogP contribution in [0.2, 0.25) is 0 Å². The molecule has 0 unspecified atom stereocenters. The van der Waals surface area contributed by atoms with Gasteiger partial charge in [-0.1, -0.05) is 0 Å². The summed E-state index contributed by atoms with van der Waals surface area (Å²) in [4.78, 5) is 12.3. The van der Waals surface area contributed by atoms with Crippen LogP contribution in [0.4, 0.5) is 0 Å². The number of carbonyl (C=O) groups is 1. The minimum atomic E-state index is -0.780. The molecule has 4 nitrogen and oxygen atoms in total. The summed E-state index contributed by atoms with van der Waals surface area (Å²) < 4.78 is 4.89. The first kappa shape index (κ1) is 12.7. The van der Waals surface area contributed by atoms with E-state index in [1.807, 2.05) is 11.2 Å². The fourth-order valence-electron chi connectivity index (χ4n) is 0.902. The van der Waals surface area contributed by atoms with E-state index in [9.17, 15) is 4.79 Å². The molecule has 0 spiro atoms. The van der Waals surface area contributed by atoms with E-state index < -0.39 is 5.97 Å². The number of rotatable bonds is 8. The van der Waals surface area contributed by atoms with E-state index in [2.05, 4.69) is 0 Å². The zero-order valence-electron chi connectivity index (χ0n) is 8.15. The predicted molar refractivity (Wildman–Crippen MR) is 54.3 cm³/mol. The molecule has 78 valence electrons. The first-order chi connectivity index (χ1) is 6.20. The van der Waals surface area contributed by atoms with Crippen LogP contribution >= 0.6 is 11.8 Å². The minimum absolute atomic E-state index is 0.101. The Bertz CT molecular complexity index is 135. The van der Waals surface area contributed by atoms with Crippen molar-refractivity contribution < 1.29 is 14.6 Å². The number of carboxylic acid groups (broad SMARTS) is 1. The minimum Gasteiger partial charge on any atom is -0.480 e. The summed E-state index contributed by atoms with van der Waals surface area (Å²) in [5.74, 6) is 0.175. The van der Waals surface area contributed by atoms with Gasteiger partial charge in [0.1, 0.15) is 0 Å². The van der Waals surface area contributed by atoms with Crippen molar-refractivity contribution in [3.63, 3.8) is 0 Å². The SMILES string of the molecule is COCCN(CCSC)CC(=O)O. The Morgan fingerprint density at radius 2 is 2.23 bits per heavy atom. The van der Waals surface area contributed by atoms with Crippen LogP contribution in [0.15, 0.2) is 0 Å². The van der Waals surface area contributed by atoms with Gasteiger partial charge in [0.25, 0.3) is 0 Å². The molecular formula is C8H17NO3S. The van der Waals surface area contributed by atoms with Crippen LogP contribution in [0.3, 0.4) is 0 Å². The molecule has 0 aromatic carbocycles. The third-order valence-electron chi connectivity index (χ3n) is 1.58. The molecule has 0 saturated heterocycles. The van der Waals surface area contributed by atoms with Gasteiger partial charge in [0.05, 0.1) is 13.2 Å². The second-order valence-electron chi connectivity index (χ2n) is 2.66. The number of carboxylic acids is 1. The molecule has 0 aliphatic rings.